The molecule has 3 nitrogen and oxygen atoms in total. The van der Waals surface area contributed by atoms with Crippen LogP contribution in [0.2, 0.25) is 0 Å². The fourth-order valence-corrected chi connectivity index (χ4v) is 3.47. The average Bonchev–Trinajstić information content (AvgIpc) is 3.07. The quantitative estimate of drug-likeness (QED) is 0.942. The lowest BCUT2D eigenvalue weighted by molar-refractivity contribution is 0.577. The molecular formula is C14H13F2N3S. The third-order valence-electron chi connectivity index (χ3n) is 3.18. The van der Waals surface area contributed by atoms with Crippen LogP contribution in [0, 0.1) is 18.6 Å². The fourth-order valence-electron chi connectivity index (χ4n) is 2.16. The van der Waals surface area contributed by atoms with Crippen LogP contribution in [0.1, 0.15) is 24.4 Å². The number of hydrogen-bond donors (Lipinski definition) is 1. The van der Waals surface area contributed by atoms with E-state index in [-0.39, 0.29) is 4.75 Å². The largest absolute Gasteiger partial charge is 0.384 e. The Morgan fingerprint density at radius 3 is 2.30 bits per heavy atom. The first-order chi connectivity index (χ1) is 9.47. The van der Waals surface area contributed by atoms with Crippen LogP contribution < -0.4 is 5.73 Å². The summed E-state index contributed by atoms with van der Waals surface area (Å²) in [6, 6.07) is 5.29. The molecule has 3 rings (SSSR count). The maximum Gasteiger partial charge on any atom is 0.127 e. The Bertz CT molecular complexity index is 631. The number of nitrogens with two attached hydrogens (primary N) is 1. The summed E-state index contributed by atoms with van der Waals surface area (Å²) in [5, 5.41) is 0. The zero-order valence-electron chi connectivity index (χ0n) is 10.9. The lowest BCUT2D eigenvalue weighted by Gasteiger charge is -2.15. The normalized spacial score (nSPS) is 16.1. The van der Waals surface area contributed by atoms with Crippen LogP contribution in [-0.4, -0.2) is 9.97 Å². The Labute approximate surface area is 119 Å². The molecule has 2 N–H and O–H groups in total. The van der Waals surface area contributed by atoms with Gasteiger partial charge in [-0.1, -0.05) is 0 Å². The highest BCUT2D eigenvalue weighted by Gasteiger charge is 2.47. The molecule has 20 heavy (non-hydrogen) atoms. The lowest BCUT2D eigenvalue weighted by atomic mass is 10.2. The molecule has 0 amide bonds. The Hall–Kier alpha value is -1.69. The number of rotatable bonds is 3. The second-order valence-electron chi connectivity index (χ2n) is 4.93. The van der Waals surface area contributed by atoms with Gasteiger partial charge in [-0.05, 0) is 31.9 Å². The van der Waals surface area contributed by atoms with Crippen LogP contribution >= 0.6 is 11.8 Å². The Kier molecular flexibility index (Phi) is 3.12. The second kappa shape index (κ2) is 4.70. The van der Waals surface area contributed by atoms with Gasteiger partial charge in [-0.2, -0.15) is 0 Å². The van der Waals surface area contributed by atoms with Crippen molar-refractivity contribution in [3.63, 3.8) is 0 Å². The van der Waals surface area contributed by atoms with Gasteiger partial charge in [0.05, 0.1) is 10.4 Å². The van der Waals surface area contributed by atoms with E-state index in [1.165, 1.54) is 23.9 Å². The van der Waals surface area contributed by atoms with E-state index in [1.54, 1.807) is 13.0 Å². The topological polar surface area (TPSA) is 51.8 Å². The number of nitrogens with zero attached hydrogens (tertiary/aromatic N) is 2. The van der Waals surface area contributed by atoms with E-state index in [9.17, 15) is 8.78 Å². The van der Waals surface area contributed by atoms with Gasteiger partial charge in [0, 0.05) is 17.0 Å². The van der Waals surface area contributed by atoms with E-state index >= 15 is 0 Å². The van der Waals surface area contributed by atoms with Gasteiger partial charge in [-0.25, -0.2) is 18.7 Å². The van der Waals surface area contributed by atoms with E-state index in [4.69, 9.17) is 5.73 Å². The average molecular weight is 293 g/mol. The number of hydrogen-bond acceptors (Lipinski definition) is 4. The molecule has 1 aromatic carbocycles. The monoisotopic (exact) mass is 293 g/mol. The minimum atomic E-state index is -0.568. The summed E-state index contributed by atoms with van der Waals surface area (Å²) in [5.41, 5.74) is 6.58. The summed E-state index contributed by atoms with van der Waals surface area (Å²) in [7, 11) is 0. The molecule has 1 fully saturated rings. The number of nitrogen functional groups attached to an aromatic ring is 1. The van der Waals surface area contributed by atoms with Crippen LogP contribution in [-0.2, 0) is 4.75 Å². The molecule has 0 aliphatic heterocycles. The van der Waals surface area contributed by atoms with Gasteiger partial charge in [0.15, 0.2) is 0 Å². The van der Waals surface area contributed by atoms with Crippen LogP contribution in [0.5, 0.6) is 0 Å². The van der Waals surface area contributed by atoms with Crippen molar-refractivity contribution >= 4 is 17.6 Å². The second-order valence-corrected chi connectivity index (χ2v) is 6.38. The SMILES string of the molecule is Cc1nc(N)cc(C2(Sc3cc(F)cc(F)c3)CC2)n1. The molecule has 104 valence electrons. The zero-order valence-corrected chi connectivity index (χ0v) is 11.7. The van der Waals surface area contributed by atoms with Crippen LogP contribution in [0.25, 0.3) is 0 Å². The van der Waals surface area contributed by atoms with Crippen LogP contribution in [0.4, 0.5) is 14.6 Å². The minimum Gasteiger partial charge on any atom is -0.384 e. The summed E-state index contributed by atoms with van der Waals surface area (Å²) in [4.78, 5) is 9.02. The van der Waals surface area contributed by atoms with Gasteiger partial charge in [0.2, 0.25) is 0 Å². The summed E-state index contributed by atoms with van der Waals surface area (Å²) in [6.45, 7) is 1.78. The highest BCUT2D eigenvalue weighted by atomic mass is 32.2. The molecule has 0 bridgehead atoms. The van der Waals surface area contributed by atoms with Crippen molar-refractivity contribution in [1.82, 2.24) is 9.97 Å². The smallest absolute Gasteiger partial charge is 0.127 e. The van der Waals surface area contributed by atoms with Crippen LogP contribution in [0.15, 0.2) is 29.2 Å². The molecule has 6 heteroatoms. The van der Waals surface area contributed by atoms with E-state index < -0.39 is 11.6 Å². The number of aromatic nitrogens is 2. The fraction of sp³-hybridized carbons (Fsp3) is 0.286. The molecule has 1 heterocycles. The first-order valence-corrected chi connectivity index (χ1v) is 7.05. The maximum atomic E-state index is 13.3. The van der Waals surface area contributed by atoms with Crippen molar-refractivity contribution in [2.75, 3.05) is 5.73 Å². The Morgan fingerprint density at radius 1 is 1.10 bits per heavy atom. The van der Waals surface area contributed by atoms with Gasteiger partial charge in [-0.15, -0.1) is 11.8 Å². The molecule has 0 saturated heterocycles. The summed E-state index contributed by atoms with van der Waals surface area (Å²) < 4.78 is 26.3. The number of thioether (sulfide) groups is 1. The van der Waals surface area contributed by atoms with Gasteiger partial charge in [0.25, 0.3) is 0 Å². The maximum absolute atomic E-state index is 13.3. The number of anilines is 1. The lowest BCUT2D eigenvalue weighted by Crippen LogP contribution is -2.08. The van der Waals surface area contributed by atoms with Crippen molar-refractivity contribution in [1.29, 1.82) is 0 Å². The van der Waals surface area contributed by atoms with Crippen molar-refractivity contribution in [2.24, 2.45) is 0 Å². The third kappa shape index (κ3) is 2.60. The third-order valence-corrected chi connectivity index (χ3v) is 4.66. The molecule has 1 aromatic heterocycles. The predicted molar refractivity (Wildman–Crippen MR) is 74.3 cm³/mol. The van der Waals surface area contributed by atoms with Gasteiger partial charge < -0.3 is 5.73 Å². The summed E-state index contributed by atoms with van der Waals surface area (Å²) in [6.07, 6.45) is 1.82. The van der Waals surface area contributed by atoms with Gasteiger partial charge >= 0.3 is 0 Å². The van der Waals surface area contributed by atoms with Gasteiger partial charge in [0.1, 0.15) is 23.3 Å². The Balaban J connectivity index is 1.93. The summed E-state index contributed by atoms with van der Waals surface area (Å²) >= 11 is 1.43. The number of halogens is 2. The molecule has 1 aliphatic rings. The number of aryl methyl sites for hydroxylation is 1. The number of benzene rings is 1. The molecule has 0 atom stereocenters. The molecule has 1 saturated carbocycles. The van der Waals surface area contributed by atoms with E-state index in [2.05, 4.69) is 9.97 Å². The van der Waals surface area contributed by atoms with E-state index in [1.807, 2.05) is 0 Å². The van der Waals surface area contributed by atoms with E-state index in [0.29, 0.717) is 16.5 Å². The first kappa shape index (κ1) is 13.3. The van der Waals surface area contributed by atoms with Crippen molar-refractivity contribution < 1.29 is 8.78 Å². The molecule has 2 aromatic rings. The van der Waals surface area contributed by atoms with Crippen molar-refractivity contribution in [2.45, 2.75) is 29.4 Å². The molecule has 0 spiro atoms. The standard InChI is InChI=1S/C14H13F2N3S/c1-8-18-12(7-13(17)19-8)14(2-3-14)20-11-5-9(15)4-10(16)6-11/h4-7H,2-3H2,1H3,(H2,17,18,19). The molecule has 0 unspecified atom stereocenters. The highest BCUT2D eigenvalue weighted by molar-refractivity contribution is 8.00. The zero-order chi connectivity index (χ0) is 14.3. The van der Waals surface area contributed by atoms with E-state index in [0.717, 1.165) is 24.6 Å². The highest BCUT2D eigenvalue weighted by Crippen LogP contribution is 2.59. The predicted octanol–water partition coefficient (Wildman–Crippen LogP) is 3.43. The van der Waals surface area contributed by atoms with Crippen molar-refractivity contribution in [3.8, 4) is 0 Å². The Morgan fingerprint density at radius 2 is 1.75 bits per heavy atom. The summed E-state index contributed by atoms with van der Waals surface area (Å²) in [5.74, 6) is -0.106. The van der Waals surface area contributed by atoms with Gasteiger partial charge in [-0.3, -0.25) is 0 Å². The molecule has 0 radical (unpaired) electrons. The molecular weight excluding hydrogens is 280 g/mol. The van der Waals surface area contributed by atoms with Crippen LogP contribution in [0.3, 0.4) is 0 Å². The van der Waals surface area contributed by atoms with Crippen molar-refractivity contribution in [3.05, 3.63) is 47.4 Å². The minimum absolute atomic E-state index is 0.234. The molecule has 1 aliphatic carbocycles. The first-order valence-electron chi connectivity index (χ1n) is 6.24.